The Morgan fingerprint density at radius 2 is 1.68 bits per heavy atom. The molecule has 2 N–H and O–H groups in total. The monoisotopic (exact) mass is 555 g/mol. The van der Waals surface area contributed by atoms with Gasteiger partial charge in [0.15, 0.2) is 0 Å². The molecular formula is C34H45N5O2. The smallest absolute Gasteiger partial charge is 0.253 e. The lowest BCUT2D eigenvalue weighted by Gasteiger charge is -2.32. The molecule has 0 aliphatic carbocycles. The average Bonchev–Trinajstić information content (AvgIpc) is 3.56. The first-order valence-electron chi connectivity index (χ1n) is 15.5. The molecule has 1 aromatic heterocycles. The lowest BCUT2D eigenvalue weighted by Crippen LogP contribution is -2.39. The minimum absolute atomic E-state index is 0.0356. The van der Waals surface area contributed by atoms with Gasteiger partial charge < -0.3 is 15.1 Å². The molecule has 0 atom stereocenters. The summed E-state index contributed by atoms with van der Waals surface area (Å²) in [6.45, 7) is 8.84. The Hall–Kier alpha value is -3.45. The molecule has 0 saturated carbocycles. The predicted molar refractivity (Wildman–Crippen MR) is 165 cm³/mol. The maximum absolute atomic E-state index is 13.4. The van der Waals surface area contributed by atoms with E-state index in [4.69, 9.17) is 0 Å². The maximum atomic E-state index is 13.4. The summed E-state index contributed by atoms with van der Waals surface area (Å²) in [6.07, 6.45) is 12.5. The number of amides is 2. The Morgan fingerprint density at radius 1 is 0.927 bits per heavy atom. The van der Waals surface area contributed by atoms with E-state index in [1.165, 1.54) is 31.2 Å². The largest absolute Gasteiger partial charge is 0.339 e. The zero-order chi connectivity index (χ0) is 28.6. The van der Waals surface area contributed by atoms with Crippen LogP contribution < -0.4 is 5.32 Å². The van der Waals surface area contributed by atoms with Crippen LogP contribution >= 0.6 is 0 Å². The first-order valence-corrected chi connectivity index (χ1v) is 15.5. The number of rotatable bonds is 10. The molecule has 2 aliphatic heterocycles. The number of carbonyl (C=O) groups excluding carboxylic acids is 2. The van der Waals surface area contributed by atoms with E-state index in [1.54, 1.807) is 0 Å². The SMILES string of the molecule is CCCCCCN1CCC(C(=O)Nc2cc(C(=O)N3CCC(c4ccc(-c5cn[nH]c5)cc4)CC3)ccc2C)CC1. The second-order valence-corrected chi connectivity index (χ2v) is 11.9. The third-order valence-corrected chi connectivity index (χ3v) is 9.02. The van der Waals surface area contributed by atoms with Gasteiger partial charge in [-0.3, -0.25) is 14.7 Å². The third-order valence-electron chi connectivity index (χ3n) is 9.02. The Bertz CT molecular complexity index is 1270. The summed E-state index contributed by atoms with van der Waals surface area (Å²) < 4.78 is 0. The van der Waals surface area contributed by atoms with Crippen molar-refractivity contribution in [3.63, 3.8) is 0 Å². The number of nitrogens with zero attached hydrogens (tertiary/aromatic N) is 3. The summed E-state index contributed by atoms with van der Waals surface area (Å²) in [5.41, 5.74) is 5.96. The molecule has 0 bridgehead atoms. The highest BCUT2D eigenvalue weighted by Crippen LogP contribution is 2.31. The molecule has 2 aromatic carbocycles. The van der Waals surface area contributed by atoms with Gasteiger partial charge in [-0.2, -0.15) is 5.10 Å². The zero-order valence-corrected chi connectivity index (χ0v) is 24.7. The summed E-state index contributed by atoms with van der Waals surface area (Å²) >= 11 is 0. The molecular weight excluding hydrogens is 510 g/mol. The van der Waals surface area contributed by atoms with Gasteiger partial charge in [-0.15, -0.1) is 0 Å². The number of H-pyrrole nitrogens is 1. The fourth-order valence-corrected chi connectivity index (χ4v) is 6.26. The van der Waals surface area contributed by atoms with Crippen molar-refractivity contribution in [1.82, 2.24) is 20.0 Å². The van der Waals surface area contributed by atoms with Gasteiger partial charge in [0.2, 0.25) is 5.91 Å². The van der Waals surface area contributed by atoms with Gasteiger partial charge in [-0.1, -0.05) is 56.5 Å². The quantitative estimate of drug-likeness (QED) is 0.275. The number of aromatic amines is 1. The third kappa shape index (κ3) is 7.45. The van der Waals surface area contributed by atoms with Crippen molar-refractivity contribution in [1.29, 1.82) is 0 Å². The molecule has 5 rings (SSSR count). The number of carbonyl (C=O) groups is 2. The molecule has 2 amide bonds. The Balaban J connectivity index is 1.12. The molecule has 7 heteroatoms. The molecule has 2 aliphatic rings. The van der Waals surface area contributed by atoms with Crippen LogP contribution in [0.4, 0.5) is 5.69 Å². The van der Waals surface area contributed by atoms with Crippen LogP contribution in [0.2, 0.25) is 0 Å². The fraction of sp³-hybridized carbons (Fsp3) is 0.500. The molecule has 41 heavy (non-hydrogen) atoms. The molecule has 3 heterocycles. The first kappa shape index (κ1) is 29.1. The Labute approximate surface area is 244 Å². The van der Waals surface area contributed by atoms with Crippen LogP contribution in [0.5, 0.6) is 0 Å². The summed E-state index contributed by atoms with van der Waals surface area (Å²) in [4.78, 5) is 31.0. The molecule has 2 saturated heterocycles. The van der Waals surface area contributed by atoms with Crippen LogP contribution in [0, 0.1) is 12.8 Å². The van der Waals surface area contributed by atoms with E-state index in [1.807, 2.05) is 42.4 Å². The zero-order valence-electron chi connectivity index (χ0n) is 24.7. The first-order chi connectivity index (χ1) is 20.0. The number of unbranched alkanes of at least 4 members (excludes halogenated alkanes) is 3. The molecule has 0 unspecified atom stereocenters. The lowest BCUT2D eigenvalue weighted by molar-refractivity contribution is -0.121. The van der Waals surface area contributed by atoms with Crippen LogP contribution in [0.25, 0.3) is 11.1 Å². The molecule has 0 radical (unpaired) electrons. The van der Waals surface area contributed by atoms with Gasteiger partial charge in [0.1, 0.15) is 0 Å². The maximum Gasteiger partial charge on any atom is 0.253 e. The van der Waals surface area contributed by atoms with Crippen LogP contribution in [0.1, 0.15) is 85.7 Å². The van der Waals surface area contributed by atoms with Crippen molar-refractivity contribution in [2.75, 3.05) is 38.0 Å². The summed E-state index contributed by atoms with van der Waals surface area (Å²) in [6, 6.07) is 14.4. The molecule has 2 fully saturated rings. The predicted octanol–water partition coefficient (Wildman–Crippen LogP) is 6.64. The van der Waals surface area contributed by atoms with E-state index in [0.29, 0.717) is 11.5 Å². The normalized spacial score (nSPS) is 17.1. The van der Waals surface area contributed by atoms with Gasteiger partial charge in [0, 0.05) is 42.0 Å². The molecule has 3 aromatic rings. The minimum atomic E-state index is 0.0356. The molecule has 218 valence electrons. The topological polar surface area (TPSA) is 81.3 Å². The second-order valence-electron chi connectivity index (χ2n) is 11.9. The number of aromatic nitrogens is 2. The fourth-order valence-electron chi connectivity index (χ4n) is 6.26. The highest BCUT2D eigenvalue weighted by Gasteiger charge is 2.27. The van der Waals surface area contributed by atoms with E-state index >= 15 is 0 Å². The number of likely N-dealkylation sites (tertiary alicyclic amines) is 2. The minimum Gasteiger partial charge on any atom is -0.339 e. The average molecular weight is 556 g/mol. The van der Waals surface area contributed by atoms with Gasteiger partial charge >= 0.3 is 0 Å². The number of nitrogens with one attached hydrogen (secondary N) is 2. The van der Waals surface area contributed by atoms with Crippen molar-refractivity contribution in [3.05, 3.63) is 71.5 Å². The van der Waals surface area contributed by atoms with Crippen LogP contribution in [-0.4, -0.2) is 64.5 Å². The van der Waals surface area contributed by atoms with Crippen molar-refractivity contribution in [3.8, 4) is 11.1 Å². The van der Waals surface area contributed by atoms with Gasteiger partial charge in [0.25, 0.3) is 5.91 Å². The molecule has 7 nitrogen and oxygen atoms in total. The van der Waals surface area contributed by atoms with Gasteiger partial charge in [-0.25, -0.2) is 0 Å². The van der Waals surface area contributed by atoms with E-state index in [0.717, 1.165) is 80.8 Å². The van der Waals surface area contributed by atoms with Crippen molar-refractivity contribution in [2.45, 2.75) is 71.1 Å². The summed E-state index contributed by atoms with van der Waals surface area (Å²) in [5.74, 6) is 0.620. The number of anilines is 1. The van der Waals surface area contributed by atoms with Crippen LogP contribution in [-0.2, 0) is 4.79 Å². The van der Waals surface area contributed by atoms with Crippen LogP contribution in [0.15, 0.2) is 54.9 Å². The van der Waals surface area contributed by atoms with Crippen molar-refractivity contribution < 1.29 is 9.59 Å². The van der Waals surface area contributed by atoms with E-state index < -0.39 is 0 Å². The Kier molecular flexibility index (Phi) is 9.88. The van der Waals surface area contributed by atoms with Crippen molar-refractivity contribution in [2.24, 2.45) is 5.92 Å². The van der Waals surface area contributed by atoms with E-state index in [-0.39, 0.29) is 17.7 Å². The van der Waals surface area contributed by atoms with E-state index in [9.17, 15) is 9.59 Å². The number of piperidine rings is 2. The van der Waals surface area contributed by atoms with Gasteiger partial charge in [0.05, 0.1) is 6.20 Å². The Morgan fingerprint density at radius 3 is 2.37 bits per heavy atom. The summed E-state index contributed by atoms with van der Waals surface area (Å²) in [7, 11) is 0. The second kappa shape index (κ2) is 13.9. The number of hydrogen-bond donors (Lipinski definition) is 2. The highest BCUT2D eigenvalue weighted by molar-refractivity contribution is 5.98. The van der Waals surface area contributed by atoms with Gasteiger partial charge in [-0.05, 0) is 93.4 Å². The molecule has 0 spiro atoms. The summed E-state index contributed by atoms with van der Waals surface area (Å²) in [5, 5.41) is 10.1. The number of aryl methyl sites for hydroxylation is 1. The highest BCUT2D eigenvalue weighted by atomic mass is 16.2. The number of benzene rings is 2. The van der Waals surface area contributed by atoms with Crippen LogP contribution in [0.3, 0.4) is 0 Å². The standard InChI is InChI=1S/C34H45N5O2/c1-3-4-5-6-17-38-18-13-29(14-19-38)33(40)37-32-22-30(8-7-25(32)2)34(41)39-20-15-28(16-21-39)26-9-11-27(12-10-26)31-23-35-36-24-31/h7-12,22-24,28-29H,3-6,13-21H2,1-2H3,(H,35,36)(H,37,40). The number of hydrogen-bond acceptors (Lipinski definition) is 4. The lowest BCUT2D eigenvalue weighted by atomic mass is 9.88. The van der Waals surface area contributed by atoms with E-state index in [2.05, 4.69) is 51.6 Å². The van der Waals surface area contributed by atoms with Crippen molar-refractivity contribution >= 4 is 17.5 Å².